The number of aromatic nitrogens is 1. The van der Waals surface area contributed by atoms with Crippen LogP contribution in [0.15, 0.2) is 28.6 Å². The molecule has 0 aliphatic carbocycles. The lowest BCUT2D eigenvalue weighted by Crippen LogP contribution is -1.87. The number of thiazole rings is 1. The summed E-state index contributed by atoms with van der Waals surface area (Å²) in [6, 6.07) is 7.83. The van der Waals surface area contributed by atoms with Gasteiger partial charge in [-0.1, -0.05) is 42.2 Å². The first-order chi connectivity index (χ1) is 8.74. The molecule has 0 atom stereocenters. The van der Waals surface area contributed by atoms with Crippen LogP contribution in [-0.4, -0.2) is 17.8 Å². The maximum atomic E-state index is 6.04. The normalized spacial score (nSPS) is 10.6. The number of ether oxygens (including phenoxy) is 1. The SMILES string of the molecule is CCCSc1nc(-c2cccc(OC)c2)c(N)s1. The van der Waals surface area contributed by atoms with E-state index in [1.54, 1.807) is 30.2 Å². The first-order valence-electron chi connectivity index (χ1n) is 5.78. The molecule has 0 bridgehead atoms. The van der Waals surface area contributed by atoms with Crippen LogP contribution in [-0.2, 0) is 0 Å². The maximum Gasteiger partial charge on any atom is 0.152 e. The quantitative estimate of drug-likeness (QED) is 0.844. The summed E-state index contributed by atoms with van der Waals surface area (Å²) in [7, 11) is 1.66. The zero-order valence-electron chi connectivity index (χ0n) is 10.5. The molecule has 1 aromatic carbocycles. The third kappa shape index (κ3) is 2.97. The van der Waals surface area contributed by atoms with Gasteiger partial charge in [-0.05, 0) is 18.6 Å². The molecule has 0 fully saturated rings. The Morgan fingerprint density at radius 3 is 3.00 bits per heavy atom. The molecular formula is C13H16N2OS2. The number of methoxy groups -OCH3 is 1. The summed E-state index contributed by atoms with van der Waals surface area (Å²) in [4.78, 5) is 4.59. The molecule has 96 valence electrons. The molecule has 0 saturated carbocycles. The Bertz CT molecular complexity index is 525. The largest absolute Gasteiger partial charge is 0.497 e. The zero-order valence-corrected chi connectivity index (χ0v) is 12.1. The van der Waals surface area contributed by atoms with Crippen molar-refractivity contribution in [2.24, 2.45) is 0 Å². The molecule has 3 nitrogen and oxygen atoms in total. The highest BCUT2D eigenvalue weighted by Crippen LogP contribution is 2.36. The third-order valence-electron chi connectivity index (χ3n) is 2.41. The fraction of sp³-hybridized carbons (Fsp3) is 0.308. The second kappa shape index (κ2) is 6.11. The Morgan fingerprint density at radius 2 is 2.28 bits per heavy atom. The van der Waals surface area contributed by atoms with Crippen molar-refractivity contribution in [3.63, 3.8) is 0 Å². The minimum Gasteiger partial charge on any atom is -0.497 e. The number of anilines is 1. The monoisotopic (exact) mass is 280 g/mol. The van der Waals surface area contributed by atoms with E-state index in [0.717, 1.165) is 38.5 Å². The van der Waals surface area contributed by atoms with E-state index >= 15 is 0 Å². The van der Waals surface area contributed by atoms with Gasteiger partial charge in [0.05, 0.1) is 7.11 Å². The molecule has 0 aliphatic heterocycles. The fourth-order valence-electron chi connectivity index (χ4n) is 1.54. The summed E-state index contributed by atoms with van der Waals surface area (Å²) in [6.07, 6.45) is 1.14. The van der Waals surface area contributed by atoms with E-state index in [1.165, 1.54) is 0 Å². The van der Waals surface area contributed by atoms with Crippen LogP contribution >= 0.6 is 23.1 Å². The van der Waals surface area contributed by atoms with E-state index in [9.17, 15) is 0 Å². The van der Waals surface area contributed by atoms with Crippen molar-refractivity contribution in [1.82, 2.24) is 4.98 Å². The number of nitrogens with zero attached hydrogens (tertiary/aromatic N) is 1. The minimum atomic E-state index is 0.766. The highest BCUT2D eigenvalue weighted by Gasteiger charge is 2.11. The summed E-state index contributed by atoms with van der Waals surface area (Å²) >= 11 is 3.31. The Morgan fingerprint density at radius 1 is 1.44 bits per heavy atom. The Balaban J connectivity index is 2.29. The Labute approximate surface area is 115 Å². The standard InChI is InChI=1S/C13H16N2OS2/c1-3-7-17-13-15-11(12(14)18-13)9-5-4-6-10(8-9)16-2/h4-6,8H,3,7,14H2,1-2H3. The number of thioether (sulfide) groups is 1. The molecule has 18 heavy (non-hydrogen) atoms. The molecule has 1 aromatic heterocycles. The molecule has 5 heteroatoms. The first kappa shape index (κ1) is 13.2. The third-order valence-corrected chi connectivity index (χ3v) is 4.64. The zero-order chi connectivity index (χ0) is 13.0. The van der Waals surface area contributed by atoms with Gasteiger partial charge in [0.2, 0.25) is 0 Å². The van der Waals surface area contributed by atoms with Gasteiger partial charge >= 0.3 is 0 Å². The van der Waals surface area contributed by atoms with E-state index in [0.29, 0.717) is 0 Å². The van der Waals surface area contributed by atoms with Gasteiger partial charge in [0.25, 0.3) is 0 Å². The van der Waals surface area contributed by atoms with Crippen LogP contribution in [0.3, 0.4) is 0 Å². The van der Waals surface area contributed by atoms with Gasteiger partial charge in [0.1, 0.15) is 16.4 Å². The van der Waals surface area contributed by atoms with E-state index in [2.05, 4.69) is 11.9 Å². The summed E-state index contributed by atoms with van der Waals surface area (Å²) in [5.41, 5.74) is 7.90. The lowest BCUT2D eigenvalue weighted by molar-refractivity contribution is 0.415. The second-order valence-corrected chi connectivity index (χ2v) is 6.15. The molecule has 0 amide bonds. The lowest BCUT2D eigenvalue weighted by atomic mass is 10.1. The number of nitrogens with two attached hydrogens (primary N) is 1. The number of hydrogen-bond acceptors (Lipinski definition) is 5. The average Bonchev–Trinajstić information content (AvgIpc) is 2.77. The Hall–Kier alpha value is -1.20. The molecular weight excluding hydrogens is 264 g/mol. The van der Waals surface area contributed by atoms with Gasteiger partial charge in [0, 0.05) is 11.3 Å². The summed E-state index contributed by atoms with van der Waals surface area (Å²) < 4.78 is 6.25. The van der Waals surface area contributed by atoms with Crippen LogP contribution in [0.2, 0.25) is 0 Å². The van der Waals surface area contributed by atoms with Gasteiger partial charge in [0.15, 0.2) is 4.34 Å². The fourth-order valence-corrected chi connectivity index (χ4v) is 3.41. The molecule has 0 aliphatic rings. The van der Waals surface area contributed by atoms with Gasteiger partial charge in [-0.15, -0.1) is 0 Å². The first-order valence-corrected chi connectivity index (χ1v) is 7.58. The van der Waals surface area contributed by atoms with Crippen molar-refractivity contribution in [3.8, 4) is 17.0 Å². The summed E-state index contributed by atoms with van der Waals surface area (Å²) in [5, 5.41) is 0.766. The molecule has 0 saturated heterocycles. The van der Waals surface area contributed by atoms with Crippen molar-refractivity contribution in [1.29, 1.82) is 0 Å². The number of benzene rings is 1. The predicted molar refractivity (Wildman–Crippen MR) is 79.5 cm³/mol. The minimum absolute atomic E-state index is 0.766. The van der Waals surface area contributed by atoms with Gasteiger partial charge in [-0.2, -0.15) is 0 Å². The summed E-state index contributed by atoms with van der Waals surface area (Å²) in [5.74, 6) is 1.90. The molecule has 2 aromatic rings. The van der Waals surface area contributed by atoms with Crippen LogP contribution in [0.25, 0.3) is 11.3 Å². The highest BCUT2D eigenvalue weighted by molar-refractivity contribution is 8.01. The molecule has 1 heterocycles. The molecule has 0 radical (unpaired) electrons. The van der Waals surface area contributed by atoms with Crippen LogP contribution < -0.4 is 10.5 Å². The average molecular weight is 280 g/mol. The van der Waals surface area contributed by atoms with Crippen molar-refractivity contribution in [2.45, 2.75) is 17.7 Å². The van der Waals surface area contributed by atoms with E-state index < -0.39 is 0 Å². The van der Waals surface area contributed by atoms with Crippen LogP contribution in [0.5, 0.6) is 5.75 Å². The van der Waals surface area contributed by atoms with E-state index in [4.69, 9.17) is 10.5 Å². The number of hydrogen-bond donors (Lipinski definition) is 1. The van der Waals surface area contributed by atoms with Crippen LogP contribution in [0.1, 0.15) is 13.3 Å². The number of rotatable bonds is 5. The van der Waals surface area contributed by atoms with Gasteiger partial charge < -0.3 is 10.5 Å². The van der Waals surface area contributed by atoms with Gasteiger partial charge in [-0.3, -0.25) is 0 Å². The van der Waals surface area contributed by atoms with Crippen molar-refractivity contribution < 1.29 is 4.74 Å². The van der Waals surface area contributed by atoms with Crippen LogP contribution in [0, 0.1) is 0 Å². The Kier molecular flexibility index (Phi) is 4.49. The maximum absolute atomic E-state index is 6.04. The smallest absolute Gasteiger partial charge is 0.152 e. The molecule has 2 rings (SSSR count). The van der Waals surface area contributed by atoms with Crippen molar-refractivity contribution in [2.75, 3.05) is 18.6 Å². The lowest BCUT2D eigenvalue weighted by Gasteiger charge is -2.02. The topological polar surface area (TPSA) is 48.1 Å². The van der Waals surface area contributed by atoms with Crippen LogP contribution in [0.4, 0.5) is 5.00 Å². The van der Waals surface area contributed by atoms with E-state index in [1.807, 2.05) is 24.3 Å². The molecule has 0 unspecified atom stereocenters. The highest BCUT2D eigenvalue weighted by atomic mass is 32.2. The number of nitrogen functional groups attached to an aromatic ring is 1. The van der Waals surface area contributed by atoms with Crippen molar-refractivity contribution in [3.05, 3.63) is 24.3 Å². The predicted octanol–water partition coefficient (Wildman–Crippen LogP) is 3.90. The van der Waals surface area contributed by atoms with Gasteiger partial charge in [-0.25, -0.2) is 4.98 Å². The molecule has 2 N–H and O–H groups in total. The van der Waals surface area contributed by atoms with E-state index in [-0.39, 0.29) is 0 Å². The summed E-state index contributed by atoms with van der Waals surface area (Å²) in [6.45, 7) is 2.16. The molecule has 0 spiro atoms. The second-order valence-electron chi connectivity index (χ2n) is 3.77. The van der Waals surface area contributed by atoms with Crippen molar-refractivity contribution >= 4 is 28.1 Å².